The van der Waals surface area contributed by atoms with Crippen molar-refractivity contribution in [3.05, 3.63) is 78.1 Å². The first-order valence-electron chi connectivity index (χ1n) is 8.02. The Balaban J connectivity index is 1.74. The minimum atomic E-state index is -2.55. The van der Waals surface area contributed by atoms with E-state index >= 15 is 0 Å². The summed E-state index contributed by atoms with van der Waals surface area (Å²) in [7, 11) is 1.38. The molecule has 27 heavy (non-hydrogen) atoms. The van der Waals surface area contributed by atoms with E-state index in [4.69, 9.17) is 4.74 Å². The summed E-state index contributed by atoms with van der Waals surface area (Å²) in [5, 5.41) is 4.26. The Labute approximate surface area is 159 Å². The summed E-state index contributed by atoms with van der Waals surface area (Å²) in [4.78, 5) is 12.7. The molecule has 0 aliphatic rings. The molecule has 0 saturated carbocycles. The summed E-state index contributed by atoms with van der Waals surface area (Å²) in [5.41, 5.74) is 2.04. The Hall–Kier alpha value is -2.93. The second-order valence-electron chi connectivity index (χ2n) is 5.50. The third kappa shape index (κ3) is 4.83. The van der Waals surface area contributed by atoms with E-state index in [1.54, 1.807) is 17.0 Å². The van der Waals surface area contributed by atoms with Crippen LogP contribution in [-0.4, -0.2) is 28.4 Å². The molecule has 1 heterocycles. The summed E-state index contributed by atoms with van der Waals surface area (Å²) >= 11 is 0.382. The number of alkyl halides is 2. The van der Waals surface area contributed by atoms with Gasteiger partial charge >= 0.3 is 0 Å². The Morgan fingerprint density at radius 2 is 2.00 bits per heavy atom. The van der Waals surface area contributed by atoms with Crippen molar-refractivity contribution in [1.29, 1.82) is 0 Å². The molecule has 0 radical (unpaired) electrons. The maximum absolute atomic E-state index is 12.6. The molecule has 4 nitrogen and oxygen atoms in total. The van der Waals surface area contributed by atoms with Crippen LogP contribution in [0.1, 0.15) is 15.9 Å². The molecule has 3 aromatic rings. The van der Waals surface area contributed by atoms with E-state index in [0.717, 1.165) is 11.3 Å². The third-order valence-electron chi connectivity index (χ3n) is 3.71. The zero-order valence-corrected chi connectivity index (χ0v) is 15.2. The highest BCUT2D eigenvalue weighted by molar-refractivity contribution is 7.99. The highest BCUT2D eigenvalue weighted by atomic mass is 32.2. The molecule has 0 aliphatic heterocycles. The van der Waals surface area contributed by atoms with Crippen LogP contribution in [0, 0.1) is 0 Å². The van der Waals surface area contributed by atoms with Crippen LogP contribution in [0.2, 0.25) is 0 Å². The summed E-state index contributed by atoms with van der Waals surface area (Å²) < 4.78 is 31.9. The van der Waals surface area contributed by atoms with E-state index in [2.05, 4.69) is 5.10 Å². The Morgan fingerprint density at radius 3 is 2.70 bits per heavy atom. The van der Waals surface area contributed by atoms with E-state index in [9.17, 15) is 13.6 Å². The van der Waals surface area contributed by atoms with Gasteiger partial charge in [-0.25, -0.2) is 4.68 Å². The lowest BCUT2D eigenvalue weighted by atomic mass is 10.1. The van der Waals surface area contributed by atoms with Gasteiger partial charge in [-0.15, -0.1) is 0 Å². The van der Waals surface area contributed by atoms with Gasteiger partial charge in [-0.1, -0.05) is 30.0 Å². The number of carbonyl (C=O) groups is 1. The second kappa shape index (κ2) is 8.64. The molecule has 0 atom stereocenters. The van der Waals surface area contributed by atoms with Gasteiger partial charge in [-0.3, -0.25) is 4.79 Å². The number of methoxy groups -OCH3 is 1. The molecule has 1 aromatic heterocycles. The Bertz CT molecular complexity index is 956. The van der Waals surface area contributed by atoms with Gasteiger partial charge in [0.15, 0.2) is 5.78 Å². The van der Waals surface area contributed by atoms with E-state index < -0.39 is 5.76 Å². The van der Waals surface area contributed by atoms with Crippen LogP contribution in [0.25, 0.3) is 11.8 Å². The zero-order valence-electron chi connectivity index (χ0n) is 14.4. The largest absolute Gasteiger partial charge is 0.496 e. The van der Waals surface area contributed by atoms with Crippen LogP contribution >= 0.6 is 11.8 Å². The van der Waals surface area contributed by atoms with Crippen molar-refractivity contribution in [3.8, 4) is 11.4 Å². The molecule has 7 heteroatoms. The fraction of sp³-hybridized carbons (Fsp3) is 0.100. The molecule has 0 amide bonds. The number of hydrogen-bond donors (Lipinski definition) is 0. The van der Waals surface area contributed by atoms with Crippen LogP contribution in [0.15, 0.2) is 71.9 Å². The molecular formula is C20H16F2N2O2S. The van der Waals surface area contributed by atoms with E-state index in [1.807, 2.05) is 36.5 Å². The molecule has 2 aromatic carbocycles. The Morgan fingerprint density at radius 1 is 1.22 bits per heavy atom. The van der Waals surface area contributed by atoms with Gasteiger partial charge < -0.3 is 4.74 Å². The van der Waals surface area contributed by atoms with Gasteiger partial charge in [0, 0.05) is 17.3 Å². The summed E-state index contributed by atoms with van der Waals surface area (Å²) in [6.45, 7) is 0. The van der Waals surface area contributed by atoms with Crippen molar-refractivity contribution in [2.45, 2.75) is 10.7 Å². The maximum Gasteiger partial charge on any atom is 0.289 e. The van der Waals surface area contributed by atoms with Crippen molar-refractivity contribution in [2.75, 3.05) is 7.11 Å². The van der Waals surface area contributed by atoms with E-state index in [0.29, 0.717) is 17.3 Å². The van der Waals surface area contributed by atoms with E-state index in [-0.39, 0.29) is 16.4 Å². The number of hydrogen-bond acceptors (Lipinski definition) is 4. The number of ether oxygens (including phenoxy) is 1. The molecule has 0 fully saturated rings. The lowest BCUT2D eigenvalue weighted by Crippen LogP contribution is -1.97. The molecule has 3 rings (SSSR count). The minimum Gasteiger partial charge on any atom is -0.496 e. The van der Waals surface area contributed by atoms with Crippen LogP contribution in [0.5, 0.6) is 5.75 Å². The van der Waals surface area contributed by atoms with Crippen molar-refractivity contribution in [1.82, 2.24) is 9.78 Å². The number of thioether (sulfide) groups is 1. The molecule has 0 saturated heterocycles. The number of aromatic nitrogens is 2. The average Bonchev–Trinajstić information content (AvgIpc) is 3.16. The van der Waals surface area contributed by atoms with Crippen LogP contribution in [-0.2, 0) is 0 Å². The topological polar surface area (TPSA) is 44.1 Å². The average molecular weight is 386 g/mol. The Kier molecular flexibility index (Phi) is 6.03. The molecule has 0 aliphatic carbocycles. The van der Waals surface area contributed by atoms with Crippen LogP contribution < -0.4 is 4.74 Å². The summed E-state index contributed by atoms with van der Waals surface area (Å²) in [6, 6.07) is 14.0. The number of halogens is 2. The smallest absolute Gasteiger partial charge is 0.289 e. The highest BCUT2D eigenvalue weighted by Crippen LogP contribution is 2.34. The van der Waals surface area contributed by atoms with Gasteiger partial charge in [0.2, 0.25) is 0 Å². The monoisotopic (exact) mass is 386 g/mol. The number of allylic oxidation sites excluding steroid dienone is 1. The molecule has 0 N–H and O–H groups in total. The number of ketones is 1. The predicted octanol–water partition coefficient (Wildman–Crippen LogP) is 5.09. The number of para-hydroxylation sites is 1. The fourth-order valence-corrected chi connectivity index (χ4v) is 3.02. The lowest BCUT2D eigenvalue weighted by Gasteiger charge is -2.08. The lowest BCUT2D eigenvalue weighted by molar-refractivity contribution is 0.104. The number of nitrogens with zero attached hydrogens (tertiary/aromatic N) is 2. The van der Waals surface area contributed by atoms with Gasteiger partial charge in [0.05, 0.1) is 23.9 Å². The maximum atomic E-state index is 12.6. The summed E-state index contributed by atoms with van der Waals surface area (Å²) in [5.74, 6) is -2.56. The highest BCUT2D eigenvalue weighted by Gasteiger charge is 2.13. The predicted molar refractivity (Wildman–Crippen MR) is 102 cm³/mol. The fourth-order valence-electron chi connectivity index (χ4n) is 2.43. The minimum absolute atomic E-state index is 0.247. The first-order chi connectivity index (χ1) is 13.1. The van der Waals surface area contributed by atoms with Gasteiger partial charge in [-0.05, 0) is 42.5 Å². The van der Waals surface area contributed by atoms with Crippen molar-refractivity contribution >= 4 is 23.6 Å². The SMILES string of the molecule is COc1cc(C(=O)/C=C/c2cnn(-c3ccccc3)c2)ccc1SC(F)F. The number of benzene rings is 2. The molecule has 138 valence electrons. The molecule has 0 bridgehead atoms. The van der Waals surface area contributed by atoms with E-state index in [1.165, 1.54) is 31.4 Å². The molecule has 0 unspecified atom stereocenters. The van der Waals surface area contributed by atoms with Crippen LogP contribution in [0.4, 0.5) is 8.78 Å². The molecular weight excluding hydrogens is 370 g/mol. The normalized spacial score (nSPS) is 11.3. The standard InChI is InChI=1S/C20H16F2N2O2S/c1-26-18-11-15(8-10-19(18)27-20(21)22)17(25)9-7-14-12-23-24(13-14)16-5-3-2-4-6-16/h2-13,20H,1H3/b9-7+. The number of carbonyl (C=O) groups excluding carboxylic acids is 1. The quantitative estimate of drug-likeness (QED) is 0.322. The van der Waals surface area contributed by atoms with Crippen molar-refractivity contribution < 1.29 is 18.3 Å². The van der Waals surface area contributed by atoms with Gasteiger partial charge in [0.1, 0.15) is 5.75 Å². The van der Waals surface area contributed by atoms with Crippen molar-refractivity contribution in [2.24, 2.45) is 0 Å². The van der Waals surface area contributed by atoms with Crippen LogP contribution in [0.3, 0.4) is 0 Å². The van der Waals surface area contributed by atoms with Gasteiger partial charge in [0.25, 0.3) is 5.76 Å². The second-order valence-corrected chi connectivity index (χ2v) is 6.53. The summed E-state index contributed by atoms with van der Waals surface area (Å²) in [6.07, 6.45) is 6.53. The first-order valence-corrected chi connectivity index (χ1v) is 8.90. The third-order valence-corrected chi connectivity index (χ3v) is 4.48. The van der Waals surface area contributed by atoms with Crippen molar-refractivity contribution in [3.63, 3.8) is 0 Å². The zero-order chi connectivity index (χ0) is 19.2. The number of rotatable bonds is 7. The molecule has 0 spiro atoms. The first kappa shape index (κ1) is 18.8. The van der Waals surface area contributed by atoms with Gasteiger partial charge in [-0.2, -0.15) is 13.9 Å².